The van der Waals surface area contributed by atoms with Crippen LogP contribution in [0.4, 0.5) is 4.79 Å². The van der Waals surface area contributed by atoms with E-state index < -0.39 is 0 Å². The minimum atomic E-state index is 0.0864. The number of ether oxygens (including phenoxy) is 1. The van der Waals surface area contributed by atoms with Gasteiger partial charge >= 0.3 is 6.03 Å². The van der Waals surface area contributed by atoms with E-state index in [4.69, 9.17) is 4.74 Å². The smallest absolute Gasteiger partial charge is 0.317 e. The first-order chi connectivity index (χ1) is 12.1. The Bertz CT molecular complexity index is 557. The lowest BCUT2D eigenvalue weighted by molar-refractivity contribution is 0.0208. The van der Waals surface area contributed by atoms with E-state index in [0.29, 0.717) is 18.0 Å². The van der Waals surface area contributed by atoms with Crippen LogP contribution < -0.4 is 5.32 Å². The van der Waals surface area contributed by atoms with Crippen LogP contribution in [-0.2, 0) is 11.3 Å². The van der Waals surface area contributed by atoms with Gasteiger partial charge in [-0.2, -0.15) is 0 Å². The second-order valence-corrected chi connectivity index (χ2v) is 7.72. The Morgan fingerprint density at radius 1 is 1.28 bits per heavy atom. The molecule has 5 heteroatoms. The number of rotatable bonds is 5. The summed E-state index contributed by atoms with van der Waals surface area (Å²) in [6.07, 6.45) is 3.30. The normalized spacial score (nSPS) is 20.8. The second-order valence-electron chi connectivity index (χ2n) is 7.72. The lowest BCUT2D eigenvalue weighted by Crippen LogP contribution is -2.45. The minimum absolute atomic E-state index is 0.0864. The maximum absolute atomic E-state index is 12.5. The van der Waals surface area contributed by atoms with Gasteiger partial charge in [-0.3, -0.25) is 4.90 Å². The molecular weight excluding hydrogens is 314 g/mol. The summed E-state index contributed by atoms with van der Waals surface area (Å²) in [5.74, 6) is 0. The second kappa shape index (κ2) is 8.19. The van der Waals surface area contributed by atoms with E-state index in [1.807, 2.05) is 11.0 Å². The van der Waals surface area contributed by atoms with E-state index in [1.165, 1.54) is 5.56 Å². The number of likely N-dealkylation sites (N-methyl/N-ethyl adjacent to an activating group) is 1. The van der Waals surface area contributed by atoms with Crippen LogP contribution in [0, 0.1) is 5.41 Å². The molecule has 5 nitrogen and oxygen atoms in total. The van der Waals surface area contributed by atoms with Crippen molar-refractivity contribution in [3.8, 4) is 0 Å². The number of carbonyl (C=O) groups is 1. The summed E-state index contributed by atoms with van der Waals surface area (Å²) in [6, 6.07) is 10.8. The standard InChI is InChI=1S/C20H31N3O2/c1-17(22(2)15-18-6-4-3-5-7-18)14-21-19(24)23-11-8-20(16-23)9-12-25-13-10-20/h3-7,17H,8-16H2,1-2H3,(H,21,24)/t17-/m1/s1. The quantitative estimate of drug-likeness (QED) is 0.892. The molecule has 2 amide bonds. The number of urea groups is 1. The van der Waals surface area contributed by atoms with Gasteiger partial charge in [-0.05, 0) is 44.2 Å². The molecule has 0 unspecified atom stereocenters. The lowest BCUT2D eigenvalue weighted by Gasteiger charge is -2.33. The van der Waals surface area contributed by atoms with E-state index >= 15 is 0 Å². The number of nitrogens with one attached hydrogen (secondary N) is 1. The van der Waals surface area contributed by atoms with Crippen molar-refractivity contribution in [1.82, 2.24) is 15.1 Å². The molecule has 0 bridgehead atoms. The first-order valence-corrected chi connectivity index (χ1v) is 9.43. The summed E-state index contributed by atoms with van der Waals surface area (Å²) in [4.78, 5) is 16.8. The highest BCUT2D eigenvalue weighted by molar-refractivity contribution is 5.74. The molecule has 138 valence electrons. The molecule has 1 aromatic rings. The summed E-state index contributed by atoms with van der Waals surface area (Å²) in [5, 5.41) is 3.13. The minimum Gasteiger partial charge on any atom is -0.381 e. The Kier molecular flexibility index (Phi) is 5.97. The van der Waals surface area contributed by atoms with Crippen molar-refractivity contribution in [1.29, 1.82) is 0 Å². The van der Waals surface area contributed by atoms with E-state index in [2.05, 4.69) is 48.5 Å². The topological polar surface area (TPSA) is 44.8 Å². The van der Waals surface area contributed by atoms with Crippen LogP contribution in [0.1, 0.15) is 31.7 Å². The number of benzene rings is 1. The molecule has 2 aliphatic heterocycles. The van der Waals surface area contributed by atoms with Gasteiger partial charge in [0.05, 0.1) is 0 Å². The van der Waals surface area contributed by atoms with E-state index in [9.17, 15) is 4.79 Å². The Labute approximate surface area is 151 Å². The SMILES string of the molecule is C[C@H](CNC(=O)N1CCC2(CCOCC2)C1)N(C)Cc1ccccc1. The third-order valence-electron chi connectivity index (χ3n) is 5.85. The van der Waals surface area contributed by atoms with Gasteiger partial charge in [0, 0.05) is 45.4 Å². The van der Waals surface area contributed by atoms with Crippen LogP contribution in [0.3, 0.4) is 0 Å². The molecule has 1 atom stereocenters. The number of likely N-dealkylation sites (tertiary alicyclic amines) is 1. The van der Waals surface area contributed by atoms with Crippen LogP contribution in [0.15, 0.2) is 30.3 Å². The molecule has 0 saturated carbocycles. The molecule has 2 fully saturated rings. The van der Waals surface area contributed by atoms with Crippen LogP contribution >= 0.6 is 0 Å². The molecular formula is C20H31N3O2. The molecule has 2 saturated heterocycles. The third-order valence-corrected chi connectivity index (χ3v) is 5.85. The molecule has 0 radical (unpaired) electrons. The molecule has 3 rings (SSSR count). The Morgan fingerprint density at radius 2 is 2.00 bits per heavy atom. The summed E-state index contributed by atoms with van der Waals surface area (Å²) in [5.41, 5.74) is 1.61. The van der Waals surface area contributed by atoms with Crippen LogP contribution in [-0.4, -0.2) is 61.8 Å². The molecule has 1 N–H and O–H groups in total. The Morgan fingerprint density at radius 3 is 2.72 bits per heavy atom. The van der Waals surface area contributed by atoms with Gasteiger partial charge in [0.25, 0.3) is 0 Å². The average molecular weight is 345 g/mol. The fraction of sp³-hybridized carbons (Fsp3) is 0.650. The van der Waals surface area contributed by atoms with Crippen molar-refractivity contribution in [2.24, 2.45) is 5.41 Å². The number of carbonyl (C=O) groups excluding carboxylic acids is 1. The van der Waals surface area contributed by atoms with Gasteiger partial charge in [0.2, 0.25) is 0 Å². The highest BCUT2D eigenvalue weighted by Gasteiger charge is 2.40. The fourth-order valence-corrected chi connectivity index (χ4v) is 3.85. The molecule has 0 aromatic heterocycles. The maximum atomic E-state index is 12.5. The van der Waals surface area contributed by atoms with Crippen molar-refractivity contribution in [3.63, 3.8) is 0 Å². The van der Waals surface area contributed by atoms with Crippen LogP contribution in [0.5, 0.6) is 0 Å². The zero-order valence-electron chi connectivity index (χ0n) is 15.5. The first kappa shape index (κ1) is 18.2. The van der Waals surface area contributed by atoms with Crippen molar-refractivity contribution in [3.05, 3.63) is 35.9 Å². The molecule has 2 heterocycles. The first-order valence-electron chi connectivity index (χ1n) is 9.43. The Hall–Kier alpha value is -1.59. The van der Waals surface area contributed by atoms with Gasteiger partial charge < -0.3 is 15.0 Å². The van der Waals surface area contributed by atoms with Crippen molar-refractivity contribution in [2.75, 3.05) is 39.9 Å². The predicted molar refractivity (Wildman–Crippen MR) is 99.4 cm³/mol. The summed E-state index contributed by atoms with van der Waals surface area (Å²) in [6.45, 7) is 7.18. The van der Waals surface area contributed by atoms with Gasteiger partial charge in [0.15, 0.2) is 0 Å². The Balaban J connectivity index is 1.42. The number of amides is 2. The highest BCUT2D eigenvalue weighted by atomic mass is 16.5. The van der Waals surface area contributed by atoms with E-state index in [0.717, 1.165) is 52.1 Å². The monoisotopic (exact) mass is 345 g/mol. The van der Waals surface area contributed by atoms with E-state index in [-0.39, 0.29) is 6.03 Å². The third kappa shape index (κ3) is 4.73. The lowest BCUT2D eigenvalue weighted by atomic mass is 9.80. The van der Waals surface area contributed by atoms with E-state index in [1.54, 1.807) is 0 Å². The van der Waals surface area contributed by atoms with Gasteiger partial charge in [0.1, 0.15) is 0 Å². The maximum Gasteiger partial charge on any atom is 0.317 e. The number of nitrogens with zero attached hydrogens (tertiary/aromatic N) is 2. The zero-order chi connectivity index (χ0) is 17.7. The predicted octanol–water partition coefficient (Wildman–Crippen LogP) is 2.72. The molecule has 2 aliphatic rings. The number of hydrogen-bond acceptors (Lipinski definition) is 3. The average Bonchev–Trinajstić information content (AvgIpc) is 3.04. The molecule has 1 aromatic carbocycles. The van der Waals surface area contributed by atoms with Crippen molar-refractivity contribution >= 4 is 6.03 Å². The van der Waals surface area contributed by atoms with Gasteiger partial charge in [-0.15, -0.1) is 0 Å². The van der Waals surface area contributed by atoms with Gasteiger partial charge in [-0.25, -0.2) is 4.79 Å². The zero-order valence-corrected chi connectivity index (χ0v) is 15.5. The van der Waals surface area contributed by atoms with Crippen LogP contribution in [0.2, 0.25) is 0 Å². The fourth-order valence-electron chi connectivity index (χ4n) is 3.85. The highest BCUT2D eigenvalue weighted by Crippen LogP contribution is 2.39. The summed E-state index contributed by atoms with van der Waals surface area (Å²) >= 11 is 0. The molecule has 0 aliphatic carbocycles. The largest absolute Gasteiger partial charge is 0.381 e. The van der Waals surface area contributed by atoms with Crippen molar-refractivity contribution in [2.45, 2.75) is 38.8 Å². The number of hydrogen-bond donors (Lipinski definition) is 1. The van der Waals surface area contributed by atoms with Gasteiger partial charge in [-0.1, -0.05) is 30.3 Å². The molecule has 25 heavy (non-hydrogen) atoms. The van der Waals surface area contributed by atoms with Crippen LogP contribution in [0.25, 0.3) is 0 Å². The summed E-state index contributed by atoms with van der Waals surface area (Å²) in [7, 11) is 2.11. The molecule has 1 spiro atoms. The van der Waals surface area contributed by atoms with Crippen molar-refractivity contribution < 1.29 is 9.53 Å². The summed E-state index contributed by atoms with van der Waals surface area (Å²) < 4.78 is 5.48.